The van der Waals surface area contributed by atoms with Gasteiger partial charge in [-0.3, -0.25) is 0 Å². The molecule has 2 aromatic carbocycles. The molecule has 0 aliphatic rings. The molecule has 0 saturated heterocycles. The van der Waals surface area contributed by atoms with E-state index in [0.717, 1.165) is 0 Å². The van der Waals surface area contributed by atoms with Gasteiger partial charge < -0.3 is 20.8 Å². The molecule has 21 heavy (non-hydrogen) atoms. The Morgan fingerprint density at radius 3 is 1.19 bits per heavy atom. The third kappa shape index (κ3) is 6.37. The van der Waals surface area contributed by atoms with E-state index in [2.05, 4.69) is 10.6 Å². The van der Waals surface area contributed by atoms with Crippen molar-refractivity contribution in [1.82, 2.24) is 0 Å². The van der Waals surface area contributed by atoms with Gasteiger partial charge in [-0.1, -0.05) is 36.4 Å². The number of hydrogen-bond donors (Lipinski definition) is 2. The normalized spacial score (nSPS) is 10.9. The molecule has 0 aromatic heterocycles. The number of para-hydroxylation sites is 2. The third-order valence-corrected chi connectivity index (χ3v) is 2.12. The van der Waals surface area contributed by atoms with Gasteiger partial charge in [0.15, 0.2) is 0 Å². The molecule has 1 radical (unpaired) electrons. The maximum Gasteiger partial charge on any atom is 0.248 e. The van der Waals surface area contributed by atoms with Crippen molar-refractivity contribution in [3.63, 3.8) is 0 Å². The van der Waals surface area contributed by atoms with Crippen molar-refractivity contribution in [3.05, 3.63) is 71.1 Å². The predicted molar refractivity (Wildman–Crippen MR) is 67.9 cm³/mol. The van der Waals surface area contributed by atoms with Crippen molar-refractivity contribution in [2.75, 3.05) is 0 Å². The molecule has 0 aliphatic carbocycles. The zero-order chi connectivity index (χ0) is 14.8. The summed E-state index contributed by atoms with van der Waals surface area (Å²) in [6, 6.07) is 16.5. The van der Waals surface area contributed by atoms with E-state index >= 15 is 0 Å². The second-order valence-corrected chi connectivity index (χ2v) is 3.40. The molecule has 0 saturated carbocycles. The minimum Gasteiger partial charge on any atom is -0.592 e. The second-order valence-electron chi connectivity index (χ2n) is 3.40. The Morgan fingerprint density at radius 2 is 0.952 bits per heavy atom. The summed E-state index contributed by atoms with van der Waals surface area (Å²) in [7, 11) is 0. The molecule has 0 spiro atoms. The van der Waals surface area contributed by atoms with Crippen molar-refractivity contribution < 1.29 is 37.2 Å². The van der Waals surface area contributed by atoms with E-state index in [1.165, 1.54) is 0 Å². The van der Waals surface area contributed by atoms with Gasteiger partial charge in [-0.15, -0.1) is 0 Å². The Hall–Kier alpha value is -2.64. The van der Waals surface area contributed by atoms with Crippen LogP contribution in [0.1, 0.15) is 0 Å². The summed E-state index contributed by atoms with van der Waals surface area (Å²) in [5.74, 6) is 0. The maximum absolute atomic E-state index is 10.5. The van der Waals surface area contributed by atoms with E-state index in [-0.39, 0.29) is 26.8 Å². The smallest absolute Gasteiger partial charge is 0.248 e. The summed E-state index contributed by atoms with van der Waals surface area (Å²) in [6.45, 7) is 0. The Balaban J connectivity index is 0.000000364. The molecule has 2 aromatic rings. The fourth-order valence-corrected chi connectivity index (χ4v) is 1.21. The monoisotopic (exact) mass is 331 g/mol. The average molecular weight is 331 g/mol. The standard InChI is InChI=1S/2C6H6N2O2.Mn/c2*9-7-8(10)6-4-2-1-3-5-6;/h2*1-5,9H;/b2*8-7-;. The second kappa shape index (κ2) is 10.2. The Morgan fingerprint density at radius 1 is 0.667 bits per heavy atom. The summed E-state index contributed by atoms with van der Waals surface area (Å²) < 4.78 is 0. The minimum atomic E-state index is 0. The fourth-order valence-electron chi connectivity index (χ4n) is 1.21. The van der Waals surface area contributed by atoms with Gasteiger partial charge in [0.2, 0.25) is 21.9 Å². The number of benzene rings is 2. The number of rotatable bonds is 2. The molecule has 111 valence electrons. The SMILES string of the molecule is [Mn].[O-]/[N+](=N\O)c1ccccc1.[O-]/[N+](=N\O)c1ccccc1. The van der Waals surface area contributed by atoms with Gasteiger partial charge in [0.1, 0.15) is 0 Å². The van der Waals surface area contributed by atoms with Crippen LogP contribution in [0, 0.1) is 10.4 Å². The van der Waals surface area contributed by atoms with Crippen LogP contribution in [0.3, 0.4) is 0 Å². The Labute approximate surface area is 130 Å². The Bertz CT molecular complexity index is 525. The van der Waals surface area contributed by atoms with E-state index in [9.17, 15) is 10.4 Å². The first-order valence-electron chi connectivity index (χ1n) is 5.43. The van der Waals surface area contributed by atoms with Crippen LogP contribution >= 0.6 is 0 Å². The van der Waals surface area contributed by atoms with Gasteiger partial charge in [0.25, 0.3) is 0 Å². The molecule has 2 N–H and O–H groups in total. The largest absolute Gasteiger partial charge is 0.592 e. The van der Waals surface area contributed by atoms with E-state index in [1.807, 2.05) is 0 Å². The third-order valence-electron chi connectivity index (χ3n) is 2.12. The summed E-state index contributed by atoms with van der Waals surface area (Å²) in [4.78, 5) is 0.278. The molecule has 0 atom stereocenters. The van der Waals surface area contributed by atoms with E-state index < -0.39 is 0 Å². The fraction of sp³-hybridized carbons (Fsp3) is 0. The predicted octanol–water partition coefficient (Wildman–Crippen LogP) is 3.34. The minimum absolute atomic E-state index is 0. The van der Waals surface area contributed by atoms with E-state index in [4.69, 9.17) is 10.4 Å². The zero-order valence-corrected chi connectivity index (χ0v) is 11.8. The topological polar surface area (TPSA) is 117 Å². The summed E-state index contributed by atoms with van der Waals surface area (Å²) in [6.07, 6.45) is 0. The molecule has 0 fully saturated rings. The molecule has 9 heteroatoms. The first-order chi connectivity index (χ1) is 9.69. The van der Waals surface area contributed by atoms with Crippen LogP contribution in [0.25, 0.3) is 0 Å². The Kier molecular flexibility index (Phi) is 8.90. The van der Waals surface area contributed by atoms with Gasteiger partial charge in [-0.2, -0.15) is 0 Å². The van der Waals surface area contributed by atoms with Gasteiger partial charge in [-0.05, 0) is 9.72 Å². The molecular formula is C12H12MnN4O4. The van der Waals surface area contributed by atoms with Crippen LogP contribution in [0.2, 0.25) is 0 Å². The van der Waals surface area contributed by atoms with Crippen LogP contribution in [0.15, 0.2) is 71.2 Å². The number of hydrogen-bond acceptors (Lipinski definition) is 4. The van der Waals surface area contributed by atoms with Crippen molar-refractivity contribution in [2.45, 2.75) is 0 Å². The molecule has 2 rings (SSSR count). The van der Waals surface area contributed by atoms with Gasteiger partial charge in [-0.25, -0.2) is 0 Å². The molecule has 0 bridgehead atoms. The summed E-state index contributed by atoms with van der Waals surface area (Å²) >= 11 is 0. The van der Waals surface area contributed by atoms with Gasteiger partial charge in [0.05, 0.1) is 0 Å². The van der Waals surface area contributed by atoms with Crippen molar-refractivity contribution in [3.8, 4) is 0 Å². The summed E-state index contributed by atoms with van der Waals surface area (Å²) in [5.41, 5.74) is 0.620. The maximum atomic E-state index is 10.5. The van der Waals surface area contributed by atoms with E-state index in [0.29, 0.717) is 11.4 Å². The molecule has 8 nitrogen and oxygen atoms in total. The average Bonchev–Trinajstić information content (AvgIpc) is 2.55. The van der Waals surface area contributed by atoms with Crippen molar-refractivity contribution in [2.24, 2.45) is 10.6 Å². The zero-order valence-electron chi connectivity index (χ0n) is 10.7. The van der Waals surface area contributed by atoms with Crippen molar-refractivity contribution in [1.29, 1.82) is 0 Å². The van der Waals surface area contributed by atoms with Gasteiger partial charge in [0, 0.05) is 41.3 Å². The van der Waals surface area contributed by atoms with Crippen LogP contribution in [0.4, 0.5) is 11.4 Å². The van der Waals surface area contributed by atoms with Crippen LogP contribution in [-0.4, -0.2) is 20.1 Å². The van der Waals surface area contributed by atoms with Crippen LogP contribution in [-0.2, 0) is 17.1 Å². The molecule has 0 unspecified atom stereocenters. The molecule has 0 heterocycles. The molecule has 0 amide bonds. The molecule has 0 aliphatic heterocycles. The van der Waals surface area contributed by atoms with Gasteiger partial charge >= 0.3 is 0 Å². The quantitative estimate of drug-likeness (QED) is 0.380. The summed E-state index contributed by atoms with van der Waals surface area (Å²) in [5, 5.41) is 42.0. The number of nitrogens with zero attached hydrogens (tertiary/aromatic N) is 4. The first kappa shape index (κ1) is 18.4. The van der Waals surface area contributed by atoms with Crippen LogP contribution in [0.5, 0.6) is 0 Å². The van der Waals surface area contributed by atoms with E-state index in [1.54, 1.807) is 60.7 Å². The van der Waals surface area contributed by atoms with Crippen molar-refractivity contribution >= 4 is 11.4 Å². The van der Waals surface area contributed by atoms with Crippen LogP contribution < -0.4 is 0 Å². The first-order valence-corrected chi connectivity index (χ1v) is 5.43. The molecular weight excluding hydrogens is 319 g/mol.